The van der Waals surface area contributed by atoms with E-state index >= 15 is 4.39 Å². The van der Waals surface area contributed by atoms with Crippen LogP contribution in [-0.4, -0.2) is 40.8 Å². The number of carbonyl (C=O) groups excluding carboxylic acids is 1. The van der Waals surface area contributed by atoms with Gasteiger partial charge in [-0.05, 0) is 48.5 Å². The molecule has 10 heteroatoms. The zero-order chi connectivity index (χ0) is 28.1. The summed E-state index contributed by atoms with van der Waals surface area (Å²) in [7, 11) is 1.55. The third-order valence-corrected chi connectivity index (χ3v) is 6.07. The van der Waals surface area contributed by atoms with Crippen molar-refractivity contribution in [2.24, 2.45) is 0 Å². The fraction of sp³-hybridized carbons (Fsp3) is 0.100. The highest BCUT2D eigenvalue weighted by Gasteiger charge is 2.20. The van der Waals surface area contributed by atoms with Crippen LogP contribution in [0.3, 0.4) is 0 Å². The smallest absolute Gasteiger partial charge is 0.270 e. The summed E-state index contributed by atoms with van der Waals surface area (Å²) < 4.78 is 27.3. The second kappa shape index (κ2) is 11.7. The lowest BCUT2D eigenvalue weighted by Crippen LogP contribution is -2.30. The van der Waals surface area contributed by atoms with Crippen molar-refractivity contribution in [1.29, 1.82) is 0 Å². The van der Waals surface area contributed by atoms with E-state index in [9.17, 15) is 14.7 Å². The van der Waals surface area contributed by atoms with Crippen LogP contribution in [0.2, 0.25) is 0 Å². The minimum Gasteiger partial charge on any atom is -0.508 e. The van der Waals surface area contributed by atoms with E-state index in [4.69, 9.17) is 9.47 Å². The number of hydrogen-bond donors (Lipinski definition) is 3. The molecule has 0 saturated carbocycles. The lowest BCUT2D eigenvalue weighted by atomic mass is 10.1. The summed E-state index contributed by atoms with van der Waals surface area (Å²) in [5.41, 5.74) is 0.869. The Hall–Kier alpha value is -5.22. The second-order valence-electron chi connectivity index (χ2n) is 8.75. The molecule has 2 heterocycles. The Morgan fingerprint density at radius 3 is 2.62 bits per heavy atom. The van der Waals surface area contributed by atoms with Gasteiger partial charge >= 0.3 is 0 Å². The molecule has 2 aromatic heterocycles. The molecule has 3 aromatic carbocycles. The van der Waals surface area contributed by atoms with Gasteiger partial charge in [0, 0.05) is 54.9 Å². The Morgan fingerprint density at radius 2 is 1.85 bits per heavy atom. The van der Waals surface area contributed by atoms with Gasteiger partial charge in [-0.25, -0.2) is 4.39 Å². The summed E-state index contributed by atoms with van der Waals surface area (Å²) in [5.74, 6) is -1.11. The number of rotatable bonds is 9. The number of pyridine rings is 2. The van der Waals surface area contributed by atoms with Crippen molar-refractivity contribution in [1.82, 2.24) is 9.55 Å². The van der Waals surface area contributed by atoms with Gasteiger partial charge < -0.3 is 25.2 Å². The van der Waals surface area contributed by atoms with Gasteiger partial charge in [-0.2, -0.15) is 0 Å². The second-order valence-corrected chi connectivity index (χ2v) is 8.75. The van der Waals surface area contributed by atoms with Gasteiger partial charge in [0.15, 0.2) is 11.6 Å². The topological polar surface area (TPSA) is 115 Å². The van der Waals surface area contributed by atoms with Crippen LogP contribution in [-0.2, 0) is 4.74 Å². The monoisotopic (exact) mass is 540 g/mol. The Morgan fingerprint density at radius 1 is 1.02 bits per heavy atom. The highest BCUT2D eigenvalue weighted by molar-refractivity contribution is 6.07. The maximum absolute atomic E-state index is 15.1. The Bertz CT molecular complexity index is 1740. The van der Waals surface area contributed by atoms with Gasteiger partial charge in [-0.15, -0.1) is 0 Å². The SMILES string of the molecule is COCCNc1ccn(-c2ccccc2)c(=O)c1C(=O)Nc1ccc(Oc2ccnc3cc(O)ccc23)c(F)c1. The first kappa shape index (κ1) is 26.4. The van der Waals surface area contributed by atoms with Crippen LogP contribution in [0.1, 0.15) is 10.4 Å². The molecule has 202 valence electrons. The number of aromatic hydroxyl groups is 1. The summed E-state index contributed by atoms with van der Waals surface area (Å²) in [6, 6.07) is 20.7. The molecule has 1 amide bonds. The molecule has 0 spiro atoms. The molecule has 0 atom stereocenters. The highest BCUT2D eigenvalue weighted by Crippen LogP contribution is 2.32. The molecule has 0 aliphatic rings. The summed E-state index contributed by atoms with van der Waals surface area (Å²) in [6.07, 6.45) is 3.07. The number of para-hydroxylation sites is 1. The lowest BCUT2D eigenvalue weighted by Gasteiger charge is -2.15. The summed E-state index contributed by atoms with van der Waals surface area (Å²) in [5, 5.41) is 16.0. The summed E-state index contributed by atoms with van der Waals surface area (Å²) >= 11 is 0. The third kappa shape index (κ3) is 5.62. The van der Waals surface area contributed by atoms with E-state index < -0.39 is 17.3 Å². The van der Waals surface area contributed by atoms with E-state index in [0.717, 1.165) is 6.07 Å². The molecule has 0 bridgehead atoms. The van der Waals surface area contributed by atoms with E-state index in [2.05, 4.69) is 15.6 Å². The largest absolute Gasteiger partial charge is 0.508 e. The molecule has 0 aliphatic carbocycles. The number of nitrogens with one attached hydrogen (secondary N) is 2. The van der Waals surface area contributed by atoms with Crippen molar-refractivity contribution in [3.63, 3.8) is 0 Å². The molecule has 9 nitrogen and oxygen atoms in total. The maximum Gasteiger partial charge on any atom is 0.270 e. The van der Waals surface area contributed by atoms with Gasteiger partial charge in [0.05, 0.1) is 17.8 Å². The number of halogens is 1. The molecule has 0 unspecified atom stereocenters. The zero-order valence-electron chi connectivity index (χ0n) is 21.4. The van der Waals surface area contributed by atoms with Crippen LogP contribution >= 0.6 is 0 Å². The number of amides is 1. The number of fused-ring (bicyclic) bond motifs is 1. The van der Waals surface area contributed by atoms with Gasteiger partial charge in [-0.3, -0.25) is 19.1 Å². The van der Waals surface area contributed by atoms with E-state index in [1.807, 2.05) is 6.07 Å². The number of ether oxygens (including phenoxy) is 2. The van der Waals surface area contributed by atoms with Crippen molar-refractivity contribution < 1.29 is 23.8 Å². The van der Waals surface area contributed by atoms with Gasteiger partial charge in [0.2, 0.25) is 0 Å². The van der Waals surface area contributed by atoms with Gasteiger partial charge in [0.25, 0.3) is 11.5 Å². The number of carbonyl (C=O) groups is 1. The fourth-order valence-electron chi connectivity index (χ4n) is 4.15. The number of methoxy groups -OCH3 is 1. The average Bonchev–Trinajstić information content (AvgIpc) is 2.95. The lowest BCUT2D eigenvalue weighted by molar-refractivity contribution is 0.102. The predicted octanol–water partition coefficient (Wildman–Crippen LogP) is 5.33. The highest BCUT2D eigenvalue weighted by atomic mass is 19.1. The first-order valence-electron chi connectivity index (χ1n) is 12.3. The quantitative estimate of drug-likeness (QED) is 0.216. The van der Waals surface area contributed by atoms with Crippen LogP contribution in [0.15, 0.2) is 96.1 Å². The molecule has 3 N–H and O–H groups in total. The number of anilines is 2. The minimum absolute atomic E-state index is 0.0504. The molecular weight excluding hydrogens is 515 g/mol. The van der Waals surface area contributed by atoms with Crippen molar-refractivity contribution >= 4 is 28.2 Å². The van der Waals surface area contributed by atoms with Crippen LogP contribution in [0.25, 0.3) is 16.6 Å². The number of nitrogens with zero attached hydrogens (tertiary/aromatic N) is 2. The molecule has 5 aromatic rings. The van der Waals surface area contributed by atoms with Crippen LogP contribution < -0.4 is 20.9 Å². The molecule has 5 rings (SSSR count). The van der Waals surface area contributed by atoms with Crippen LogP contribution in [0.4, 0.5) is 15.8 Å². The molecule has 0 radical (unpaired) electrons. The molecule has 40 heavy (non-hydrogen) atoms. The van der Waals surface area contributed by atoms with Crippen LogP contribution in [0, 0.1) is 5.82 Å². The third-order valence-electron chi connectivity index (χ3n) is 6.07. The Labute approximate surface area is 228 Å². The van der Waals surface area contributed by atoms with E-state index in [-0.39, 0.29) is 22.7 Å². The summed E-state index contributed by atoms with van der Waals surface area (Å²) in [4.78, 5) is 31.0. The number of benzene rings is 3. The number of phenols is 1. The van der Waals surface area contributed by atoms with Crippen molar-refractivity contribution in [3.05, 3.63) is 113 Å². The summed E-state index contributed by atoms with van der Waals surface area (Å²) in [6.45, 7) is 0.735. The maximum atomic E-state index is 15.1. The van der Waals surface area contributed by atoms with Crippen molar-refractivity contribution in [2.45, 2.75) is 0 Å². The predicted molar refractivity (Wildman–Crippen MR) is 150 cm³/mol. The zero-order valence-corrected chi connectivity index (χ0v) is 21.4. The van der Waals surface area contributed by atoms with Crippen molar-refractivity contribution in [3.8, 4) is 22.9 Å². The Kier molecular flexibility index (Phi) is 7.70. The first-order valence-corrected chi connectivity index (χ1v) is 12.3. The van der Waals surface area contributed by atoms with Gasteiger partial charge in [-0.1, -0.05) is 18.2 Å². The molecular formula is C30H25FN4O5. The number of aromatic nitrogens is 2. The van der Waals surface area contributed by atoms with Crippen LogP contribution in [0.5, 0.6) is 17.2 Å². The average molecular weight is 541 g/mol. The molecule has 0 saturated heterocycles. The number of hydrogen-bond acceptors (Lipinski definition) is 7. The van der Waals surface area contributed by atoms with Crippen molar-refractivity contribution in [2.75, 3.05) is 30.9 Å². The molecule has 0 aliphatic heterocycles. The Balaban J connectivity index is 1.42. The van der Waals surface area contributed by atoms with Gasteiger partial charge in [0.1, 0.15) is 17.1 Å². The normalized spacial score (nSPS) is 10.8. The first-order chi connectivity index (χ1) is 19.4. The van der Waals surface area contributed by atoms with E-state index in [1.54, 1.807) is 55.8 Å². The minimum atomic E-state index is -0.727. The fourth-order valence-corrected chi connectivity index (χ4v) is 4.15. The van der Waals surface area contributed by atoms with E-state index in [1.165, 1.54) is 35.0 Å². The standard InChI is InChI=1S/C30H25FN4O5/c1-39-16-14-33-24-12-15-35(20-5-3-2-4-6-20)30(38)28(24)29(37)34-19-7-10-27(23(31)17-19)40-26-11-13-32-25-18-21(36)8-9-22(25)26/h2-13,15,17-18,33,36H,14,16H2,1H3,(H,34,37). The van der Waals surface area contributed by atoms with E-state index in [0.29, 0.717) is 41.2 Å². The number of phenolic OH excluding ortho intramolecular Hbond substituents is 1. The molecule has 0 fully saturated rings.